The zero-order valence-electron chi connectivity index (χ0n) is 13.3. The quantitative estimate of drug-likeness (QED) is 0.737. The van der Waals surface area contributed by atoms with Crippen molar-refractivity contribution < 1.29 is 9.90 Å². The molecule has 0 aliphatic carbocycles. The van der Waals surface area contributed by atoms with Gasteiger partial charge in [-0.2, -0.15) is 9.78 Å². The summed E-state index contributed by atoms with van der Waals surface area (Å²) >= 11 is 5.79. The molecule has 0 fully saturated rings. The normalized spacial score (nSPS) is 16.4. The lowest BCUT2D eigenvalue weighted by Gasteiger charge is -2.24. The number of rotatable bonds is 2. The fourth-order valence-electron chi connectivity index (χ4n) is 3.16. The lowest BCUT2D eigenvalue weighted by atomic mass is 9.86. The van der Waals surface area contributed by atoms with E-state index in [0.29, 0.717) is 11.6 Å². The van der Waals surface area contributed by atoms with Gasteiger partial charge in [-0.25, -0.2) is 0 Å². The Labute approximate surface area is 148 Å². The van der Waals surface area contributed by atoms with Crippen molar-refractivity contribution in [2.45, 2.75) is 19.3 Å². The second-order valence-electron chi connectivity index (χ2n) is 5.87. The van der Waals surface area contributed by atoms with Crippen molar-refractivity contribution in [3.63, 3.8) is 0 Å². The van der Waals surface area contributed by atoms with Crippen molar-refractivity contribution >= 4 is 23.3 Å². The van der Waals surface area contributed by atoms with Crippen molar-refractivity contribution in [2.75, 3.05) is 5.32 Å². The van der Waals surface area contributed by atoms with Gasteiger partial charge in [0.1, 0.15) is 11.6 Å². The Morgan fingerprint density at radius 1 is 1.28 bits per heavy atom. The molecule has 25 heavy (non-hydrogen) atoms. The molecule has 126 valence electrons. The molecule has 1 unspecified atom stereocenters. The van der Waals surface area contributed by atoms with Crippen LogP contribution in [0.4, 0.5) is 5.82 Å². The molecule has 2 aromatic heterocycles. The molecule has 1 atom stereocenters. The number of carbonyl (C=O) groups is 1. The molecule has 2 N–H and O–H groups in total. The number of phenols is 1. The maximum Gasteiger partial charge on any atom is 0.226 e. The van der Waals surface area contributed by atoms with Crippen LogP contribution in [0.1, 0.15) is 29.2 Å². The molecule has 3 heterocycles. The van der Waals surface area contributed by atoms with E-state index in [-0.39, 0.29) is 29.1 Å². The van der Waals surface area contributed by atoms with Crippen molar-refractivity contribution in [1.29, 1.82) is 0 Å². The first-order valence-corrected chi connectivity index (χ1v) is 8.08. The van der Waals surface area contributed by atoms with Crippen LogP contribution in [-0.4, -0.2) is 31.0 Å². The molecule has 0 saturated heterocycles. The highest BCUT2D eigenvalue weighted by Crippen LogP contribution is 2.40. The number of halogens is 1. The van der Waals surface area contributed by atoms with Gasteiger partial charge in [-0.15, -0.1) is 10.2 Å². The Morgan fingerprint density at radius 3 is 2.84 bits per heavy atom. The number of fused-ring (bicyclic) bond motifs is 1. The van der Waals surface area contributed by atoms with Gasteiger partial charge in [-0.1, -0.05) is 23.7 Å². The molecule has 0 spiro atoms. The number of anilines is 1. The summed E-state index contributed by atoms with van der Waals surface area (Å²) in [4.78, 5) is 12.3. The standard InChI is InChI=1S/C17H14ClN5O2/c1-9-16-12(10-3-2-4-11(24)7-10)8-15(25)19-17(16)23(22-9)14-6-5-13(18)20-21-14/h2-7,12,24H,8H2,1H3,(H,19,25). The third-order valence-electron chi connectivity index (χ3n) is 4.21. The maximum absolute atomic E-state index is 12.3. The lowest BCUT2D eigenvalue weighted by molar-refractivity contribution is -0.116. The van der Waals surface area contributed by atoms with Gasteiger partial charge in [0.2, 0.25) is 5.91 Å². The summed E-state index contributed by atoms with van der Waals surface area (Å²) in [5.41, 5.74) is 2.54. The van der Waals surface area contributed by atoms with Gasteiger partial charge in [-0.05, 0) is 36.8 Å². The number of nitrogens with zero attached hydrogens (tertiary/aromatic N) is 4. The maximum atomic E-state index is 12.3. The van der Waals surface area contributed by atoms with E-state index in [4.69, 9.17) is 11.6 Å². The molecule has 0 bridgehead atoms. The number of amides is 1. The molecule has 4 rings (SSSR count). The lowest BCUT2D eigenvalue weighted by Crippen LogP contribution is -2.25. The van der Waals surface area contributed by atoms with Crippen LogP contribution in [0.25, 0.3) is 5.82 Å². The van der Waals surface area contributed by atoms with E-state index in [0.717, 1.165) is 16.8 Å². The summed E-state index contributed by atoms with van der Waals surface area (Å²) in [7, 11) is 0. The minimum atomic E-state index is -0.190. The Kier molecular flexibility index (Phi) is 3.65. The average Bonchev–Trinajstić information content (AvgIpc) is 2.91. The topological polar surface area (TPSA) is 92.9 Å². The second kappa shape index (κ2) is 5.86. The zero-order valence-corrected chi connectivity index (χ0v) is 14.0. The van der Waals surface area contributed by atoms with E-state index >= 15 is 0 Å². The number of nitrogens with one attached hydrogen (secondary N) is 1. The largest absolute Gasteiger partial charge is 0.508 e. The number of aryl methyl sites for hydroxylation is 1. The van der Waals surface area contributed by atoms with Gasteiger partial charge in [-0.3, -0.25) is 4.79 Å². The first-order valence-electron chi connectivity index (χ1n) is 7.71. The van der Waals surface area contributed by atoms with Crippen molar-refractivity contribution in [3.8, 4) is 11.6 Å². The molecule has 1 aliphatic heterocycles. The summed E-state index contributed by atoms with van der Waals surface area (Å²) in [6, 6.07) is 10.2. The van der Waals surface area contributed by atoms with E-state index in [1.54, 1.807) is 35.0 Å². The summed E-state index contributed by atoms with van der Waals surface area (Å²) in [5.74, 6) is 0.886. The predicted molar refractivity (Wildman–Crippen MR) is 92.1 cm³/mol. The monoisotopic (exact) mass is 355 g/mol. The van der Waals surface area contributed by atoms with Crippen LogP contribution < -0.4 is 5.32 Å². The zero-order chi connectivity index (χ0) is 17.6. The molecular weight excluding hydrogens is 342 g/mol. The SMILES string of the molecule is Cc1nn(-c2ccc(Cl)nn2)c2c1C(c1cccc(O)c1)CC(=O)N2. The van der Waals surface area contributed by atoms with Crippen LogP contribution in [0.3, 0.4) is 0 Å². The summed E-state index contributed by atoms with van der Waals surface area (Å²) in [5, 5.41) is 25.3. The molecule has 1 amide bonds. The molecule has 8 heteroatoms. The van der Waals surface area contributed by atoms with E-state index in [2.05, 4.69) is 20.6 Å². The molecule has 1 aromatic carbocycles. The highest BCUT2D eigenvalue weighted by Gasteiger charge is 2.33. The Hall–Kier alpha value is -2.93. The van der Waals surface area contributed by atoms with Crippen LogP contribution in [0.15, 0.2) is 36.4 Å². The average molecular weight is 356 g/mol. The van der Waals surface area contributed by atoms with Crippen molar-refractivity contribution in [3.05, 3.63) is 58.4 Å². The number of aromatic nitrogens is 4. The van der Waals surface area contributed by atoms with Crippen LogP contribution in [-0.2, 0) is 4.79 Å². The van der Waals surface area contributed by atoms with Crippen LogP contribution in [0, 0.1) is 6.92 Å². The fraction of sp³-hybridized carbons (Fsp3) is 0.176. The Bertz CT molecular complexity index is 968. The van der Waals surface area contributed by atoms with Crippen LogP contribution in [0.2, 0.25) is 5.15 Å². The highest BCUT2D eigenvalue weighted by atomic mass is 35.5. The molecular formula is C17H14ClN5O2. The molecule has 0 saturated carbocycles. The first-order chi connectivity index (χ1) is 12.0. The van der Waals surface area contributed by atoms with Gasteiger partial charge >= 0.3 is 0 Å². The van der Waals surface area contributed by atoms with Crippen LogP contribution >= 0.6 is 11.6 Å². The Morgan fingerprint density at radius 2 is 2.12 bits per heavy atom. The smallest absolute Gasteiger partial charge is 0.226 e. The minimum absolute atomic E-state index is 0.121. The minimum Gasteiger partial charge on any atom is -0.508 e. The number of benzene rings is 1. The van der Waals surface area contributed by atoms with E-state index in [1.165, 1.54) is 0 Å². The van der Waals surface area contributed by atoms with Gasteiger partial charge in [0.05, 0.1) is 5.69 Å². The third kappa shape index (κ3) is 2.72. The summed E-state index contributed by atoms with van der Waals surface area (Å²) < 4.78 is 1.56. The van der Waals surface area contributed by atoms with Crippen molar-refractivity contribution in [2.24, 2.45) is 0 Å². The summed E-state index contributed by atoms with van der Waals surface area (Å²) in [6.07, 6.45) is 0.287. The molecule has 0 radical (unpaired) electrons. The summed E-state index contributed by atoms with van der Waals surface area (Å²) in [6.45, 7) is 1.88. The fourth-order valence-corrected chi connectivity index (χ4v) is 3.26. The Balaban J connectivity index is 1.87. The molecule has 1 aliphatic rings. The van der Waals surface area contributed by atoms with Gasteiger partial charge in [0, 0.05) is 17.9 Å². The molecule has 7 nitrogen and oxygen atoms in total. The van der Waals surface area contributed by atoms with Crippen LogP contribution in [0.5, 0.6) is 5.75 Å². The number of carbonyl (C=O) groups excluding carboxylic acids is 1. The van der Waals surface area contributed by atoms with Gasteiger partial charge in [0.25, 0.3) is 0 Å². The van der Waals surface area contributed by atoms with Crippen molar-refractivity contribution in [1.82, 2.24) is 20.0 Å². The number of aromatic hydroxyl groups is 1. The number of hydrogen-bond acceptors (Lipinski definition) is 5. The van der Waals surface area contributed by atoms with E-state index < -0.39 is 0 Å². The third-order valence-corrected chi connectivity index (χ3v) is 4.41. The first kappa shape index (κ1) is 15.6. The van der Waals surface area contributed by atoms with E-state index in [1.807, 2.05) is 13.0 Å². The predicted octanol–water partition coefficient (Wildman–Crippen LogP) is 2.80. The van der Waals surface area contributed by atoms with E-state index in [9.17, 15) is 9.90 Å². The van der Waals surface area contributed by atoms with Gasteiger partial charge < -0.3 is 10.4 Å². The van der Waals surface area contributed by atoms with Gasteiger partial charge in [0.15, 0.2) is 11.0 Å². The molecule has 3 aromatic rings. The second-order valence-corrected chi connectivity index (χ2v) is 6.26. The highest BCUT2D eigenvalue weighted by molar-refractivity contribution is 6.29. The number of hydrogen-bond donors (Lipinski definition) is 2. The number of phenolic OH excluding ortho intramolecular Hbond substituents is 1.